The van der Waals surface area contributed by atoms with Gasteiger partial charge in [0.1, 0.15) is 16.1 Å². The van der Waals surface area contributed by atoms with Gasteiger partial charge in [-0.05, 0) is 133 Å². The molecule has 0 saturated carbocycles. The minimum atomic E-state index is -1.99. The van der Waals surface area contributed by atoms with E-state index in [2.05, 4.69) is 323 Å². The fourth-order valence-electron chi connectivity index (χ4n) is 14.4. The molecule has 0 radical (unpaired) electrons. The molecule has 0 nitrogen and oxygen atoms in total. The number of fused-ring (bicyclic) bond motifs is 5. The van der Waals surface area contributed by atoms with Crippen LogP contribution in [0, 0.1) is 0 Å². The minimum absolute atomic E-state index is 0.395. The molecule has 16 rings (SSSR count). The Morgan fingerprint density at radius 3 is 1.20 bits per heavy atom. The molecule has 1 unspecified atom stereocenters. The lowest BCUT2D eigenvalue weighted by atomic mass is 9.71. The molecule has 0 heterocycles. The van der Waals surface area contributed by atoms with Crippen LogP contribution in [-0.4, -0.2) is 16.1 Å². The van der Waals surface area contributed by atoms with Crippen LogP contribution in [0.3, 0.4) is 0 Å². The summed E-state index contributed by atoms with van der Waals surface area (Å²) in [4.78, 5) is 0. The maximum absolute atomic E-state index is 2.54. The van der Waals surface area contributed by atoms with Crippen LogP contribution >= 0.6 is 0 Å². The summed E-state index contributed by atoms with van der Waals surface area (Å²) in [5, 5.41) is 19.0. The van der Waals surface area contributed by atoms with Gasteiger partial charge >= 0.3 is 0 Å². The van der Waals surface area contributed by atoms with Crippen LogP contribution in [0.25, 0.3) is 104 Å². The first kappa shape index (κ1) is 51.4. The number of hydrogen-bond donors (Lipinski definition) is 0. The van der Waals surface area contributed by atoms with E-state index in [4.69, 9.17) is 0 Å². The zero-order valence-electron chi connectivity index (χ0n) is 48.1. The van der Waals surface area contributed by atoms with E-state index < -0.39 is 16.1 Å². The summed E-state index contributed by atoms with van der Waals surface area (Å²) >= 11 is 0. The summed E-state index contributed by atoms with van der Waals surface area (Å²) in [5.41, 5.74) is 17.8. The molecule has 0 aliphatic heterocycles. The summed E-state index contributed by atoms with van der Waals surface area (Å²) < 4.78 is 0. The molecule has 3 aliphatic rings. The molecule has 3 aliphatic carbocycles. The monoisotopic (exact) mass is 1100 g/mol. The van der Waals surface area contributed by atoms with E-state index in [0.717, 1.165) is 6.42 Å². The van der Waals surface area contributed by atoms with Crippen molar-refractivity contribution in [2.24, 2.45) is 0 Å². The SMILES string of the molecule is C[Si](C)(c1ccc(-c2c3ccccc3c(-c3ccccc3)c3ccccc23)cc1)c1ccc2c3c1CC=C1C=CC=C(C=C2)C13.C[Si](C)(c1ccc(-c2c3ccccc3c(-c3ccccc3)c3ccccc23)cc1)c1ccc2ccccc2c1. The van der Waals surface area contributed by atoms with Crippen molar-refractivity contribution in [3.63, 3.8) is 0 Å². The molecule has 13 aromatic rings. The second-order valence-electron chi connectivity index (χ2n) is 24.2. The second kappa shape index (κ2) is 20.8. The van der Waals surface area contributed by atoms with Crippen LogP contribution in [0.1, 0.15) is 22.6 Å². The molecular formula is C82H64Si2. The molecule has 13 aromatic carbocycles. The van der Waals surface area contributed by atoms with Crippen LogP contribution < -0.4 is 20.7 Å². The average Bonchev–Trinajstić information content (AvgIpc) is 1.72. The summed E-state index contributed by atoms with van der Waals surface area (Å²) in [7, 11) is -3.84. The Balaban J connectivity index is 0.000000144. The molecule has 400 valence electrons. The van der Waals surface area contributed by atoms with Crippen molar-refractivity contribution in [3.8, 4) is 44.5 Å². The molecule has 0 spiro atoms. The third kappa shape index (κ3) is 8.62. The third-order valence-corrected chi connectivity index (χ3v) is 26.0. The highest BCUT2D eigenvalue weighted by atomic mass is 28.3. The Morgan fingerprint density at radius 2 is 0.726 bits per heavy atom. The summed E-state index contributed by atoms with van der Waals surface area (Å²) in [6.45, 7) is 10.0. The molecule has 2 heteroatoms. The van der Waals surface area contributed by atoms with Gasteiger partial charge in [-0.3, -0.25) is 0 Å². The predicted octanol–water partition coefficient (Wildman–Crippen LogP) is 19.5. The normalized spacial score (nSPS) is 14.3. The quantitative estimate of drug-likeness (QED) is 0.105. The molecule has 0 amide bonds. The smallest absolute Gasteiger partial charge is 0.0759 e. The van der Waals surface area contributed by atoms with Gasteiger partial charge in [-0.2, -0.15) is 0 Å². The maximum Gasteiger partial charge on any atom is 0.112 e. The zero-order valence-corrected chi connectivity index (χ0v) is 50.1. The van der Waals surface area contributed by atoms with Crippen LogP contribution in [0.4, 0.5) is 0 Å². The lowest BCUT2D eigenvalue weighted by Gasteiger charge is -2.37. The van der Waals surface area contributed by atoms with E-state index in [1.165, 1.54) is 131 Å². The lowest BCUT2D eigenvalue weighted by Crippen LogP contribution is -2.54. The van der Waals surface area contributed by atoms with Gasteiger partial charge in [0.2, 0.25) is 0 Å². The highest BCUT2D eigenvalue weighted by Crippen LogP contribution is 2.48. The molecular weight excluding hydrogens is 1040 g/mol. The van der Waals surface area contributed by atoms with Crippen LogP contribution in [0.15, 0.2) is 302 Å². The van der Waals surface area contributed by atoms with Crippen molar-refractivity contribution in [1.29, 1.82) is 0 Å². The Morgan fingerprint density at radius 1 is 0.321 bits per heavy atom. The minimum Gasteiger partial charge on any atom is -0.0759 e. The fourth-order valence-corrected chi connectivity index (χ4v) is 19.6. The van der Waals surface area contributed by atoms with Gasteiger partial charge in [0.15, 0.2) is 0 Å². The van der Waals surface area contributed by atoms with Crippen molar-refractivity contribution in [3.05, 3.63) is 319 Å². The molecule has 1 atom stereocenters. The lowest BCUT2D eigenvalue weighted by molar-refractivity contribution is 0.896. The van der Waals surface area contributed by atoms with E-state index in [1.807, 2.05) is 0 Å². The summed E-state index contributed by atoms with van der Waals surface area (Å²) in [5.74, 6) is 0.395. The van der Waals surface area contributed by atoms with Crippen LogP contribution in [-0.2, 0) is 6.42 Å². The van der Waals surface area contributed by atoms with E-state index in [0.29, 0.717) is 5.92 Å². The Hall–Kier alpha value is -9.45. The topological polar surface area (TPSA) is 0 Å². The van der Waals surface area contributed by atoms with Gasteiger partial charge in [0.25, 0.3) is 0 Å². The van der Waals surface area contributed by atoms with Crippen molar-refractivity contribution in [2.75, 3.05) is 0 Å². The molecule has 0 fully saturated rings. The molecule has 0 aromatic heterocycles. The number of rotatable bonds is 8. The summed E-state index contributed by atoms with van der Waals surface area (Å²) in [6, 6.07) is 96.9. The van der Waals surface area contributed by atoms with Gasteiger partial charge in [-0.25, -0.2) is 0 Å². The predicted molar refractivity (Wildman–Crippen MR) is 369 cm³/mol. The molecule has 0 bridgehead atoms. The van der Waals surface area contributed by atoms with Gasteiger partial charge < -0.3 is 0 Å². The first-order chi connectivity index (χ1) is 41.2. The highest BCUT2D eigenvalue weighted by Gasteiger charge is 2.36. The highest BCUT2D eigenvalue weighted by molar-refractivity contribution is 7.01. The van der Waals surface area contributed by atoms with Crippen LogP contribution in [0.2, 0.25) is 26.2 Å². The fraction of sp³-hybridized carbons (Fsp3) is 0.0732. The van der Waals surface area contributed by atoms with E-state index in [9.17, 15) is 0 Å². The van der Waals surface area contributed by atoms with Gasteiger partial charge in [0, 0.05) is 5.92 Å². The Kier molecular flexibility index (Phi) is 12.7. The largest absolute Gasteiger partial charge is 0.112 e. The number of hydrogen-bond acceptors (Lipinski definition) is 0. The zero-order chi connectivity index (χ0) is 56.5. The van der Waals surface area contributed by atoms with Crippen molar-refractivity contribution < 1.29 is 0 Å². The molecule has 84 heavy (non-hydrogen) atoms. The van der Waals surface area contributed by atoms with E-state index >= 15 is 0 Å². The molecule has 0 saturated heterocycles. The van der Waals surface area contributed by atoms with Gasteiger partial charge in [0.05, 0.1) is 0 Å². The first-order valence-electron chi connectivity index (χ1n) is 29.8. The molecule has 0 N–H and O–H groups in total. The van der Waals surface area contributed by atoms with Gasteiger partial charge in [-0.15, -0.1) is 0 Å². The van der Waals surface area contributed by atoms with Crippen LogP contribution in [0.5, 0.6) is 0 Å². The van der Waals surface area contributed by atoms with E-state index in [-0.39, 0.29) is 0 Å². The Labute approximate surface area is 495 Å². The van der Waals surface area contributed by atoms with Crippen molar-refractivity contribution in [2.45, 2.75) is 38.5 Å². The third-order valence-electron chi connectivity index (χ3n) is 18.8. The second-order valence-corrected chi connectivity index (χ2v) is 32.9. The summed E-state index contributed by atoms with van der Waals surface area (Å²) in [6.07, 6.45) is 15.0. The average molecular weight is 1110 g/mol. The van der Waals surface area contributed by atoms with Crippen molar-refractivity contribution in [1.82, 2.24) is 0 Å². The first-order valence-corrected chi connectivity index (χ1v) is 35.8. The maximum atomic E-state index is 2.54. The Bertz CT molecular complexity index is 4770. The van der Waals surface area contributed by atoms with Gasteiger partial charge in [-0.1, -0.05) is 344 Å². The van der Waals surface area contributed by atoms with Crippen molar-refractivity contribution >= 4 is 96.8 Å². The number of allylic oxidation sites excluding steroid dienone is 7. The standard InChI is InChI=1S/C44H34Si.C38H30Si/c1-45(2,40-28-24-33-20-19-30-13-10-14-31-23-27-39(40)44(33)41(30)31)34-25-21-32(22-26-34)43-37-17-8-6-15-35(37)42(29-11-4-3-5-12-29)36-16-7-9-18-38(36)43;1-39(2,32-25-20-27-12-6-7-15-30(27)26-32)31-23-21-29(22-24-31)38-35-18-10-8-16-33(35)37(28-13-4-3-5-14-28)34-17-9-11-19-36(34)38/h3-26,28,41H,27H2,1-2H3;3-26H,1-2H3. The number of benzene rings is 13. The van der Waals surface area contributed by atoms with E-state index in [1.54, 1.807) is 16.3 Å².